The Morgan fingerprint density at radius 1 is 0.458 bits per heavy atom. The van der Waals surface area contributed by atoms with Crippen LogP contribution in [-0.2, 0) is 0 Å². The summed E-state index contributed by atoms with van der Waals surface area (Å²) < 4.78 is 0. The van der Waals surface area contributed by atoms with Crippen LogP contribution in [0.2, 0.25) is 0 Å². The van der Waals surface area contributed by atoms with Crippen molar-refractivity contribution in [3.63, 3.8) is 0 Å². The molecule has 0 amide bonds. The molecule has 0 fully saturated rings. The lowest BCUT2D eigenvalue weighted by Gasteiger charge is -2.15. The van der Waals surface area contributed by atoms with Crippen molar-refractivity contribution >= 4 is 32.7 Å². The SMILES string of the molecule is C=C1/C=C\C=C/C/C(c2ccc3ccccc3c2)=c2/ccccc2=C1c1cccc(-c2nc(-c3cccc(-c4cccnc4)c3)cc(-c3cccc4ccccc34)n2)c1. The van der Waals surface area contributed by atoms with Crippen molar-refractivity contribution in [3.05, 3.63) is 246 Å². The highest BCUT2D eigenvalue weighted by Gasteiger charge is 2.16. The van der Waals surface area contributed by atoms with Gasteiger partial charge in [-0.1, -0.05) is 176 Å². The van der Waals surface area contributed by atoms with Crippen molar-refractivity contribution in [2.75, 3.05) is 0 Å². The van der Waals surface area contributed by atoms with Gasteiger partial charge in [-0.15, -0.1) is 0 Å². The van der Waals surface area contributed by atoms with Gasteiger partial charge in [-0.3, -0.25) is 4.98 Å². The zero-order chi connectivity index (χ0) is 39.5. The van der Waals surface area contributed by atoms with Crippen LogP contribution < -0.4 is 10.4 Å². The van der Waals surface area contributed by atoms with Gasteiger partial charge in [-0.2, -0.15) is 0 Å². The molecule has 0 saturated heterocycles. The van der Waals surface area contributed by atoms with Gasteiger partial charge in [0.15, 0.2) is 5.82 Å². The van der Waals surface area contributed by atoms with Gasteiger partial charge < -0.3 is 0 Å². The largest absolute Gasteiger partial charge is 0.264 e. The molecule has 10 rings (SSSR count). The standard InChI is InChI=1S/C56H39N3/c1-38-15-3-2-4-25-49(43-31-30-39-16-5-6-18-41(39)33-43)50-27-9-10-28-52(50)55(38)45-22-12-23-46(35-45)56-58-53(44-21-11-20-42(34-44)47-24-14-32-57-37-47)36-54(59-56)51-29-13-19-40-17-7-8-26-48(40)51/h2-24,26-37H,1,25H2/b4-2-,15-3-,50-49+,55-52?. The molecule has 59 heavy (non-hydrogen) atoms. The summed E-state index contributed by atoms with van der Waals surface area (Å²) in [6, 6.07) is 62.3. The molecule has 0 saturated carbocycles. The molecule has 278 valence electrons. The molecule has 0 radical (unpaired) electrons. The Kier molecular flexibility index (Phi) is 9.46. The van der Waals surface area contributed by atoms with Crippen LogP contribution in [0.5, 0.6) is 0 Å². The summed E-state index contributed by atoms with van der Waals surface area (Å²) in [4.78, 5) is 15.0. The number of nitrogens with zero attached hydrogens (tertiary/aromatic N) is 3. The average Bonchev–Trinajstić information content (AvgIpc) is 3.30. The molecule has 0 N–H and O–H groups in total. The van der Waals surface area contributed by atoms with Crippen molar-refractivity contribution in [2.45, 2.75) is 6.42 Å². The fraction of sp³-hybridized carbons (Fsp3) is 0.0179. The van der Waals surface area contributed by atoms with E-state index < -0.39 is 0 Å². The molecule has 1 aliphatic rings. The van der Waals surface area contributed by atoms with Crippen molar-refractivity contribution in [2.24, 2.45) is 0 Å². The molecule has 0 spiro atoms. The Bertz CT molecular complexity index is 3260. The molecule has 0 atom stereocenters. The van der Waals surface area contributed by atoms with Crippen LogP contribution in [0.15, 0.2) is 225 Å². The third kappa shape index (κ3) is 7.11. The highest BCUT2D eigenvalue weighted by Crippen LogP contribution is 2.34. The van der Waals surface area contributed by atoms with E-state index in [9.17, 15) is 0 Å². The lowest BCUT2D eigenvalue weighted by molar-refractivity contribution is 1.18. The number of benzene rings is 7. The zero-order valence-corrected chi connectivity index (χ0v) is 32.5. The minimum Gasteiger partial charge on any atom is -0.264 e. The van der Waals surface area contributed by atoms with Gasteiger partial charge >= 0.3 is 0 Å². The second-order valence-electron chi connectivity index (χ2n) is 14.9. The summed E-state index contributed by atoms with van der Waals surface area (Å²) in [5.41, 5.74) is 12.4. The van der Waals surface area contributed by atoms with Crippen LogP contribution in [0.4, 0.5) is 0 Å². The monoisotopic (exact) mass is 753 g/mol. The second-order valence-corrected chi connectivity index (χ2v) is 14.9. The Morgan fingerprint density at radius 3 is 2.03 bits per heavy atom. The Labute approximate surface area is 344 Å². The highest BCUT2D eigenvalue weighted by atomic mass is 14.9. The molecule has 3 nitrogen and oxygen atoms in total. The number of hydrogen-bond donors (Lipinski definition) is 0. The molecule has 0 bridgehead atoms. The van der Waals surface area contributed by atoms with Crippen LogP contribution in [0.25, 0.3) is 77.7 Å². The van der Waals surface area contributed by atoms with Gasteiger partial charge in [0.1, 0.15) is 0 Å². The van der Waals surface area contributed by atoms with Gasteiger partial charge in [-0.25, -0.2) is 9.97 Å². The first-order valence-corrected chi connectivity index (χ1v) is 20.0. The third-order valence-corrected chi connectivity index (χ3v) is 11.2. The predicted octanol–water partition coefficient (Wildman–Crippen LogP) is 12.3. The fourth-order valence-electron chi connectivity index (χ4n) is 8.27. The average molecular weight is 754 g/mol. The van der Waals surface area contributed by atoms with Gasteiger partial charge in [0, 0.05) is 34.6 Å². The zero-order valence-electron chi connectivity index (χ0n) is 32.5. The quantitative estimate of drug-likeness (QED) is 0.170. The van der Waals surface area contributed by atoms with E-state index in [1.54, 1.807) is 6.20 Å². The Balaban J connectivity index is 1.19. The first kappa shape index (κ1) is 35.6. The molecule has 0 unspecified atom stereocenters. The second kappa shape index (κ2) is 15.7. The van der Waals surface area contributed by atoms with E-state index in [1.807, 2.05) is 12.3 Å². The smallest absolute Gasteiger partial charge is 0.160 e. The summed E-state index contributed by atoms with van der Waals surface area (Å²) in [5.74, 6) is 0.653. The van der Waals surface area contributed by atoms with Crippen molar-refractivity contribution < 1.29 is 0 Å². The first-order chi connectivity index (χ1) is 29.2. The summed E-state index contributed by atoms with van der Waals surface area (Å²) in [7, 11) is 0. The fourth-order valence-corrected chi connectivity index (χ4v) is 8.27. The maximum atomic E-state index is 5.34. The topological polar surface area (TPSA) is 38.7 Å². The lowest BCUT2D eigenvalue weighted by Crippen LogP contribution is -2.30. The van der Waals surface area contributed by atoms with Crippen LogP contribution in [0, 0.1) is 0 Å². The molecule has 2 aromatic heterocycles. The number of pyridine rings is 1. The molecule has 2 heterocycles. The summed E-state index contributed by atoms with van der Waals surface area (Å²) in [6.45, 7) is 4.65. The van der Waals surface area contributed by atoms with E-state index in [2.05, 4.69) is 206 Å². The molecule has 3 heteroatoms. The van der Waals surface area contributed by atoms with Crippen LogP contribution in [0.3, 0.4) is 0 Å². The molecule has 7 aromatic carbocycles. The number of hydrogen-bond acceptors (Lipinski definition) is 3. The van der Waals surface area contributed by atoms with Crippen LogP contribution in [-0.4, -0.2) is 15.0 Å². The summed E-state index contributed by atoms with van der Waals surface area (Å²) in [5, 5.41) is 7.10. The maximum absolute atomic E-state index is 5.34. The summed E-state index contributed by atoms with van der Waals surface area (Å²) >= 11 is 0. The van der Waals surface area contributed by atoms with E-state index in [0.29, 0.717) is 5.82 Å². The number of allylic oxidation sites excluding steroid dienone is 5. The van der Waals surface area contributed by atoms with Gasteiger partial charge in [0.25, 0.3) is 0 Å². The van der Waals surface area contributed by atoms with E-state index in [4.69, 9.17) is 9.97 Å². The lowest BCUT2D eigenvalue weighted by atomic mass is 9.90. The van der Waals surface area contributed by atoms with Crippen molar-refractivity contribution in [1.29, 1.82) is 0 Å². The third-order valence-electron chi connectivity index (χ3n) is 11.2. The van der Waals surface area contributed by atoms with Crippen LogP contribution >= 0.6 is 0 Å². The minimum absolute atomic E-state index is 0.653. The molecular formula is C56H39N3. The normalized spacial score (nSPS) is 14.8. The minimum atomic E-state index is 0.653. The van der Waals surface area contributed by atoms with E-state index in [-0.39, 0.29) is 0 Å². The molecule has 0 aliphatic heterocycles. The highest BCUT2D eigenvalue weighted by molar-refractivity contribution is 5.96. The molecule has 9 aromatic rings. The van der Waals surface area contributed by atoms with E-state index in [1.165, 1.54) is 32.5 Å². The molecular weight excluding hydrogens is 715 g/mol. The van der Waals surface area contributed by atoms with Crippen molar-refractivity contribution in [1.82, 2.24) is 15.0 Å². The van der Waals surface area contributed by atoms with E-state index >= 15 is 0 Å². The van der Waals surface area contributed by atoms with Gasteiger partial charge in [0.05, 0.1) is 11.4 Å². The number of fused-ring (bicyclic) bond motifs is 3. The van der Waals surface area contributed by atoms with Crippen molar-refractivity contribution in [3.8, 4) is 45.0 Å². The van der Waals surface area contributed by atoms with Gasteiger partial charge in [0.2, 0.25) is 0 Å². The number of aromatic nitrogens is 3. The number of rotatable bonds is 6. The van der Waals surface area contributed by atoms with Gasteiger partial charge in [-0.05, 0) is 102 Å². The molecule has 1 aliphatic carbocycles. The predicted molar refractivity (Wildman–Crippen MR) is 246 cm³/mol. The maximum Gasteiger partial charge on any atom is 0.160 e. The first-order valence-electron chi connectivity index (χ1n) is 20.0. The Morgan fingerprint density at radius 2 is 1.15 bits per heavy atom. The van der Waals surface area contributed by atoms with E-state index in [0.717, 1.165) is 72.9 Å². The van der Waals surface area contributed by atoms with Crippen LogP contribution in [0.1, 0.15) is 17.5 Å². The Hall–Kier alpha value is -7.75. The summed E-state index contributed by atoms with van der Waals surface area (Å²) in [6.07, 6.45) is 13.1.